The maximum atomic E-state index is 9.47. The average Bonchev–Trinajstić information content (AvgIpc) is 2.06. The number of hydrogen-bond donors (Lipinski definition) is 1. The van der Waals surface area contributed by atoms with Gasteiger partial charge in [-0.2, -0.15) is 0 Å². The zero-order chi connectivity index (χ0) is 7.68. The number of aliphatic hydroxyl groups excluding tert-OH is 1. The minimum absolute atomic E-state index is 0.389. The van der Waals surface area contributed by atoms with Crippen molar-refractivity contribution in [3.63, 3.8) is 0 Å². The first-order chi connectivity index (χ1) is 5.38. The minimum Gasteiger partial charge on any atom is -0.384 e. The molecule has 1 N–H and O–H groups in total. The van der Waals surface area contributed by atoms with Crippen LogP contribution < -0.4 is 0 Å². The molecule has 2 rings (SSSR count). The van der Waals surface area contributed by atoms with Crippen molar-refractivity contribution in [2.75, 3.05) is 0 Å². The van der Waals surface area contributed by atoms with Gasteiger partial charge in [0.15, 0.2) is 0 Å². The van der Waals surface area contributed by atoms with Crippen molar-refractivity contribution in [1.29, 1.82) is 0 Å². The van der Waals surface area contributed by atoms with Crippen LogP contribution in [0.3, 0.4) is 0 Å². The first kappa shape index (κ1) is 6.62. The van der Waals surface area contributed by atoms with Crippen LogP contribution >= 0.6 is 0 Å². The van der Waals surface area contributed by atoms with Crippen molar-refractivity contribution in [3.05, 3.63) is 47.5 Å². The van der Waals surface area contributed by atoms with E-state index in [1.54, 1.807) is 0 Å². The molecule has 1 nitrogen and oxygen atoms in total. The van der Waals surface area contributed by atoms with Gasteiger partial charge in [0.05, 0.1) is 6.10 Å². The average molecular weight is 146 g/mol. The van der Waals surface area contributed by atoms with Gasteiger partial charge in [-0.25, -0.2) is 0 Å². The Balaban J connectivity index is 2.50. The van der Waals surface area contributed by atoms with Crippen LogP contribution in [0.15, 0.2) is 36.4 Å². The third kappa shape index (κ3) is 1.08. The Morgan fingerprint density at radius 2 is 2.09 bits per heavy atom. The summed E-state index contributed by atoms with van der Waals surface area (Å²) >= 11 is 0. The number of hydrogen-bond acceptors (Lipinski definition) is 1. The maximum absolute atomic E-state index is 9.47. The van der Waals surface area contributed by atoms with Gasteiger partial charge in [-0.05, 0) is 17.5 Å². The van der Waals surface area contributed by atoms with Gasteiger partial charge in [0.2, 0.25) is 0 Å². The van der Waals surface area contributed by atoms with E-state index in [1.165, 1.54) is 5.56 Å². The van der Waals surface area contributed by atoms with Gasteiger partial charge in [0, 0.05) is 0 Å². The molecule has 1 aromatic rings. The molecule has 0 saturated heterocycles. The van der Waals surface area contributed by atoms with E-state index in [2.05, 4.69) is 6.07 Å². The van der Waals surface area contributed by atoms with Gasteiger partial charge in [0.1, 0.15) is 0 Å². The smallest absolute Gasteiger partial charge is 0.0974 e. The van der Waals surface area contributed by atoms with Gasteiger partial charge in [-0.1, -0.05) is 36.4 Å². The van der Waals surface area contributed by atoms with E-state index < -0.39 is 0 Å². The largest absolute Gasteiger partial charge is 0.384 e. The van der Waals surface area contributed by atoms with Crippen LogP contribution in [0.2, 0.25) is 0 Å². The Hall–Kier alpha value is -1.08. The zero-order valence-corrected chi connectivity index (χ0v) is 6.20. The van der Waals surface area contributed by atoms with Crippen molar-refractivity contribution < 1.29 is 5.11 Å². The molecule has 0 amide bonds. The molecule has 56 valence electrons. The predicted molar refractivity (Wildman–Crippen MR) is 44.2 cm³/mol. The van der Waals surface area contributed by atoms with Crippen LogP contribution in [-0.4, -0.2) is 5.11 Å². The second-order valence-electron chi connectivity index (χ2n) is 2.78. The van der Waals surface area contributed by atoms with E-state index in [1.807, 2.05) is 30.4 Å². The lowest BCUT2D eigenvalue weighted by atomic mass is 9.95. The van der Waals surface area contributed by atoms with Crippen molar-refractivity contribution >= 4 is 0 Å². The minimum atomic E-state index is -0.389. The van der Waals surface area contributed by atoms with E-state index in [0.717, 1.165) is 12.0 Å². The fourth-order valence-corrected chi connectivity index (χ4v) is 1.44. The zero-order valence-electron chi connectivity index (χ0n) is 6.20. The Bertz CT molecular complexity index is 289. The molecule has 0 saturated carbocycles. The van der Waals surface area contributed by atoms with E-state index in [9.17, 15) is 5.11 Å². The lowest BCUT2D eigenvalue weighted by Crippen LogP contribution is -2.02. The molecule has 0 fully saturated rings. The summed E-state index contributed by atoms with van der Waals surface area (Å²) in [6.07, 6.45) is 4.41. The van der Waals surface area contributed by atoms with Gasteiger partial charge >= 0.3 is 0 Å². The van der Waals surface area contributed by atoms with Crippen LogP contribution in [0.1, 0.15) is 17.2 Å². The van der Waals surface area contributed by atoms with Crippen molar-refractivity contribution in [2.24, 2.45) is 0 Å². The summed E-state index contributed by atoms with van der Waals surface area (Å²) in [4.78, 5) is 0. The number of fused-ring (bicyclic) bond motifs is 1. The van der Waals surface area contributed by atoms with Crippen LogP contribution in [-0.2, 0) is 6.42 Å². The summed E-state index contributed by atoms with van der Waals surface area (Å²) in [6.45, 7) is 0. The first-order valence-electron chi connectivity index (χ1n) is 3.80. The molecular formula is C10H10O. The Kier molecular flexibility index (Phi) is 1.51. The lowest BCUT2D eigenvalue weighted by Gasteiger charge is -2.15. The molecule has 0 bridgehead atoms. The van der Waals surface area contributed by atoms with Crippen LogP contribution in [0, 0.1) is 0 Å². The predicted octanol–water partition coefficient (Wildman–Crippen LogP) is 1.83. The van der Waals surface area contributed by atoms with Crippen LogP contribution in [0.4, 0.5) is 0 Å². The monoisotopic (exact) mass is 146 g/mol. The molecule has 0 heterocycles. The summed E-state index contributed by atoms with van der Waals surface area (Å²) in [6, 6.07) is 8.00. The molecule has 0 unspecified atom stereocenters. The Morgan fingerprint density at radius 3 is 2.91 bits per heavy atom. The quantitative estimate of drug-likeness (QED) is 0.554. The summed E-state index contributed by atoms with van der Waals surface area (Å²) in [5.41, 5.74) is 2.29. The molecule has 1 aromatic carbocycles. The lowest BCUT2D eigenvalue weighted by molar-refractivity contribution is 0.225. The van der Waals surface area contributed by atoms with Gasteiger partial charge in [-0.3, -0.25) is 0 Å². The number of rotatable bonds is 0. The molecule has 0 spiro atoms. The maximum Gasteiger partial charge on any atom is 0.0974 e. The standard InChI is InChI=1S/C10H10O/c11-10-7-3-5-8-4-1-2-6-9(8)10/h1-4,6-7,10-11H,5H2/t10-/m1/s1. The topological polar surface area (TPSA) is 20.2 Å². The Morgan fingerprint density at radius 1 is 1.27 bits per heavy atom. The fraction of sp³-hybridized carbons (Fsp3) is 0.200. The molecule has 1 aliphatic rings. The molecule has 0 aromatic heterocycles. The number of aliphatic hydroxyl groups is 1. The molecule has 0 radical (unpaired) electrons. The van der Waals surface area contributed by atoms with Crippen molar-refractivity contribution in [3.8, 4) is 0 Å². The third-order valence-corrected chi connectivity index (χ3v) is 2.03. The van der Waals surface area contributed by atoms with Crippen LogP contribution in [0.5, 0.6) is 0 Å². The van der Waals surface area contributed by atoms with E-state index >= 15 is 0 Å². The van der Waals surface area contributed by atoms with E-state index in [-0.39, 0.29) is 6.10 Å². The summed E-state index contributed by atoms with van der Waals surface area (Å²) in [7, 11) is 0. The molecule has 1 aliphatic carbocycles. The van der Waals surface area contributed by atoms with Gasteiger partial charge in [-0.15, -0.1) is 0 Å². The molecular weight excluding hydrogens is 136 g/mol. The summed E-state index contributed by atoms with van der Waals surface area (Å²) in [5, 5.41) is 9.47. The highest BCUT2D eigenvalue weighted by atomic mass is 16.3. The highest BCUT2D eigenvalue weighted by molar-refractivity contribution is 5.35. The van der Waals surface area contributed by atoms with Crippen molar-refractivity contribution in [1.82, 2.24) is 0 Å². The van der Waals surface area contributed by atoms with Gasteiger partial charge < -0.3 is 5.11 Å². The first-order valence-corrected chi connectivity index (χ1v) is 3.80. The number of benzene rings is 1. The third-order valence-electron chi connectivity index (χ3n) is 2.03. The fourth-order valence-electron chi connectivity index (χ4n) is 1.44. The number of allylic oxidation sites excluding steroid dienone is 1. The normalized spacial score (nSPS) is 21.4. The molecule has 1 heteroatoms. The van der Waals surface area contributed by atoms with E-state index in [0.29, 0.717) is 0 Å². The highest BCUT2D eigenvalue weighted by Crippen LogP contribution is 2.23. The Labute approximate surface area is 66.0 Å². The van der Waals surface area contributed by atoms with Crippen molar-refractivity contribution in [2.45, 2.75) is 12.5 Å². The second kappa shape index (κ2) is 2.51. The second-order valence-corrected chi connectivity index (χ2v) is 2.78. The summed E-state index contributed by atoms with van der Waals surface area (Å²) in [5.74, 6) is 0. The highest BCUT2D eigenvalue weighted by Gasteiger charge is 2.10. The molecule has 1 atom stereocenters. The van der Waals surface area contributed by atoms with Crippen LogP contribution in [0.25, 0.3) is 0 Å². The molecule has 0 aliphatic heterocycles. The van der Waals surface area contributed by atoms with E-state index in [4.69, 9.17) is 0 Å². The van der Waals surface area contributed by atoms with Gasteiger partial charge in [0.25, 0.3) is 0 Å². The summed E-state index contributed by atoms with van der Waals surface area (Å²) < 4.78 is 0. The SMILES string of the molecule is O[C@@H]1C=CCc2ccccc21. The molecule has 11 heavy (non-hydrogen) atoms.